The van der Waals surface area contributed by atoms with Gasteiger partial charge in [-0.2, -0.15) is 0 Å². The molecule has 0 heterocycles. The molecule has 0 aliphatic heterocycles. The summed E-state index contributed by atoms with van der Waals surface area (Å²) in [5.74, 6) is 0.208. The Kier molecular flexibility index (Phi) is 3.50. The average Bonchev–Trinajstić information content (AvgIpc) is 1.82. The number of rotatable bonds is 3. The maximum atomic E-state index is 11.3. The summed E-state index contributed by atoms with van der Waals surface area (Å²) in [4.78, 5) is 11.3. The smallest absolute Gasteiger partial charge is 0.158 e. The quantitative estimate of drug-likeness (QED) is 0.571. The summed E-state index contributed by atoms with van der Waals surface area (Å²) in [5, 5.41) is 0. The summed E-state index contributed by atoms with van der Waals surface area (Å²) in [6.45, 7) is 11.9. The second kappa shape index (κ2) is 3.70. The number of carbonyl (C=O) groups excluding carboxylic acids is 1. The molecule has 0 saturated heterocycles. The van der Waals surface area contributed by atoms with E-state index in [-0.39, 0.29) is 11.2 Å². The Morgan fingerprint density at radius 3 is 2.09 bits per heavy atom. The Labute approximate surface area is 69.5 Å². The van der Waals surface area contributed by atoms with Crippen LogP contribution in [0.5, 0.6) is 0 Å². The van der Waals surface area contributed by atoms with Crippen molar-refractivity contribution in [2.24, 2.45) is 5.41 Å². The van der Waals surface area contributed by atoms with Gasteiger partial charge in [0.25, 0.3) is 0 Å². The molecule has 0 unspecified atom stereocenters. The molecule has 0 bridgehead atoms. The lowest BCUT2D eigenvalue weighted by Crippen LogP contribution is -2.13. The first-order valence-corrected chi connectivity index (χ1v) is 4.08. The minimum atomic E-state index is 0.0925. The molecule has 0 fully saturated rings. The highest BCUT2D eigenvalue weighted by Gasteiger charge is 2.16. The number of hydrogen-bond acceptors (Lipinski definition) is 1. The van der Waals surface area contributed by atoms with Crippen LogP contribution in [0.2, 0.25) is 0 Å². The lowest BCUT2D eigenvalue weighted by atomic mass is 9.87. The molecule has 0 atom stereocenters. The zero-order chi connectivity index (χ0) is 9.07. The van der Waals surface area contributed by atoms with Gasteiger partial charge in [0, 0.05) is 6.42 Å². The van der Waals surface area contributed by atoms with Crippen LogP contribution in [0.25, 0.3) is 0 Å². The second-order valence-corrected chi connectivity index (χ2v) is 4.12. The van der Waals surface area contributed by atoms with E-state index in [1.165, 1.54) is 0 Å². The highest BCUT2D eigenvalue weighted by molar-refractivity contribution is 5.94. The average molecular weight is 154 g/mol. The second-order valence-electron chi connectivity index (χ2n) is 4.12. The molecular formula is C10H18O. The van der Waals surface area contributed by atoms with Crippen LogP contribution in [0.1, 0.15) is 40.5 Å². The SMILES string of the molecule is C=C(CC)C(=O)CC(C)(C)C. The summed E-state index contributed by atoms with van der Waals surface area (Å²) < 4.78 is 0. The molecule has 0 saturated carbocycles. The Morgan fingerprint density at radius 2 is 1.82 bits per heavy atom. The van der Waals surface area contributed by atoms with Gasteiger partial charge in [0.05, 0.1) is 0 Å². The fraction of sp³-hybridized carbons (Fsp3) is 0.700. The molecule has 0 radical (unpaired) electrons. The lowest BCUT2D eigenvalue weighted by Gasteiger charge is -2.16. The minimum absolute atomic E-state index is 0.0925. The number of hydrogen-bond donors (Lipinski definition) is 0. The van der Waals surface area contributed by atoms with Crippen LogP contribution >= 0.6 is 0 Å². The normalized spacial score (nSPS) is 11.3. The van der Waals surface area contributed by atoms with Crippen LogP contribution in [0, 0.1) is 5.41 Å². The van der Waals surface area contributed by atoms with E-state index in [1.54, 1.807) is 0 Å². The third kappa shape index (κ3) is 4.77. The van der Waals surface area contributed by atoms with Gasteiger partial charge in [0.2, 0.25) is 0 Å². The molecule has 11 heavy (non-hydrogen) atoms. The van der Waals surface area contributed by atoms with Gasteiger partial charge >= 0.3 is 0 Å². The molecule has 0 spiro atoms. The van der Waals surface area contributed by atoms with Gasteiger partial charge in [-0.05, 0) is 17.4 Å². The van der Waals surface area contributed by atoms with Crippen LogP contribution < -0.4 is 0 Å². The summed E-state index contributed by atoms with van der Waals surface area (Å²) in [6.07, 6.45) is 1.38. The van der Waals surface area contributed by atoms with E-state index in [0.717, 1.165) is 12.0 Å². The van der Waals surface area contributed by atoms with Crippen LogP contribution in [-0.2, 0) is 4.79 Å². The summed E-state index contributed by atoms with van der Waals surface area (Å²) in [5.41, 5.74) is 0.842. The molecule has 0 aliphatic carbocycles. The predicted octanol–water partition coefficient (Wildman–Crippen LogP) is 2.96. The minimum Gasteiger partial charge on any atom is -0.295 e. The standard InChI is InChI=1S/C10H18O/c1-6-8(2)9(11)7-10(3,4)5/h2,6-7H2,1,3-5H3. The molecule has 1 heteroatoms. The van der Waals surface area contributed by atoms with Crippen molar-refractivity contribution in [1.82, 2.24) is 0 Å². The van der Waals surface area contributed by atoms with E-state index in [1.807, 2.05) is 6.92 Å². The highest BCUT2D eigenvalue weighted by atomic mass is 16.1. The molecule has 0 amide bonds. The van der Waals surface area contributed by atoms with E-state index >= 15 is 0 Å². The lowest BCUT2D eigenvalue weighted by molar-refractivity contribution is -0.117. The Balaban J connectivity index is 3.99. The fourth-order valence-corrected chi connectivity index (χ4v) is 0.804. The van der Waals surface area contributed by atoms with Crippen molar-refractivity contribution >= 4 is 5.78 Å². The molecule has 0 aromatic heterocycles. The highest BCUT2D eigenvalue weighted by Crippen LogP contribution is 2.21. The van der Waals surface area contributed by atoms with Gasteiger partial charge in [0.15, 0.2) is 5.78 Å². The van der Waals surface area contributed by atoms with Gasteiger partial charge in [-0.1, -0.05) is 34.3 Å². The van der Waals surface area contributed by atoms with Gasteiger partial charge in [0.1, 0.15) is 0 Å². The van der Waals surface area contributed by atoms with Gasteiger partial charge in [-0.15, -0.1) is 0 Å². The molecule has 1 nitrogen and oxygen atoms in total. The Morgan fingerprint density at radius 1 is 1.36 bits per heavy atom. The van der Waals surface area contributed by atoms with E-state index in [0.29, 0.717) is 6.42 Å². The first kappa shape index (κ1) is 10.4. The van der Waals surface area contributed by atoms with Crippen LogP contribution in [0.4, 0.5) is 0 Å². The van der Waals surface area contributed by atoms with Crippen molar-refractivity contribution in [2.75, 3.05) is 0 Å². The van der Waals surface area contributed by atoms with Crippen LogP contribution in [0.3, 0.4) is 0 Å². The molecule has 0 aliphatic rings. The molecule has 64 valence electrons. The molecule has 0 aromatic rings. The monoisotopic (exact) mass is 154 g/mol. The molecule has 0 rings (SSSR count). The largest absolute Gasteiger partial charge is 0.295 e. The maximum absolute atomic E-state index is 11.3. The van der Waals surface area contributed by atoms with E-state index in [4.69, 9.17) is 0 Å². The molecular weight excluding hydrogens is 136 g/mol. The molecule has 0 aromatic carbocycles. The van der Waals surface area contributed by atoms with Gasteiger partial charge in [-0.3, -0.25) is 4.79 Å². The third-order valence-corrected chi connectivity index (χ3v) is 1.51. The topological polar surface area (TPSA) is 17.1 Å². The number of allylic oxidation sites excluding steroid dienone is 1. The van der Waals surface area contributed by atoms with E-state index in [9.17, 15) is 4.79 Å². The summed E-state index contributed by atoms with van der Waals surface area (Å²) in [6, 6.07) is 0. The number of ketones is 1. The number of carbonyl (C=O) groups is 1. The molecule has 0 N–H and O–H groups in total. The zero-order valence-corrected chi connectivity index (χ0v) is 8.03. The first-order valence-electron chi connectivity index (χ1n) is 4.08. The van der Waals surface area contributed by atoms with E-state index < -0.39 is 0 Å². The zero-order valence-electron chi connectivity index (χ0n) is 8.03. The predicted molar refractivity (Wildman–Crippen MR) is 48.5 cm³/mol. The van der Waals surface area contributed by atoms with Crippen molar-refractivity contribution in [3.05, 3.63) is 12.2 Å². The van der Waals surface area contributed by atoms with Gasteiger partial charge in [-0.25, -0.2) is 0 Å². The maximum Gasteiger partial charge on any atom is 0.158 e. The van der Waals surface area contributed by atoms with E-state index in [2.05, 4.69) is 27.4 Å². The summed E-state index contributed by atoms with van der Waals surface area (Å²) >= 11 is 0. The first-order chi connectivity index (χ1) is 4.87. The third-order valence-electron chi connectivity index (χ3n) is 1.51. The number of Topliss-reactive ketones (excluding diaryl/α,β-unsaturated/α-hetero) is 1. The van der Waals surface area contributed by atoms with Crippen molar-refractivity contribution < 1.29 is 4.79 Å². The van der Waals surface area contributed by atoms with Gasteiger partial charge < -0.3 is 0 Å². The van der Waals surface area contributed by atoms with Crippen LogP contribution in [0.15, 0.2) is 12.2 Å². The Bertz CT molecular complexity index is 160. The Hall–Kier alpha value is -0.590. The van der Waals surface area contributed by atoms with Crippen molar-refractivity contribution in [1.29, 1.82) is 0 Å². The summed E-state index contributed by atoms with van der Waals surface area (Å²) in [7, 11) is 0. The van der Waals surface area contributed by atoms with Crippen molar-refractivity contribution in [2.45, 2.75) is 40.5 Å². The van der Waals surface area contributed by atoms with Crippen molar-refractivity contribution in [3.63, 3.8) is 0 Å². The van der Waals surface area contributed by atoms with Crippen molar-refractivity contribution in [3.8, 4) is 0 Å². The van der Waals surface area contributed by atoms with Crippen LogP contribution in [-0.4, -0.2) is 5.78 Å². The fourth-order valence-electron chi connectivity index (χ4n) is 0.804.